The third-order valence-electron chi connectivity index (χ3n) is 4.75. The number of hydrogen-bond donors (Lipinski definition) is 1. The van der Waals surface area contributed by atoms with E-state index in [1.807, 2.05) is 38.1 Å². The zero-order valence-electron chi connectivity index (χ0n) is 16.1. The normalized spacial score (nSPS) is 10.8. The largest absolute Gasteiger partial charge is 0.469 e. The van der Waals surface area contributed by atoms with Crippen LogP contribution in [0.25, 0.3) is 11.1 Å². The lowest BCUT2D eigenvalue weighted by atomic mass is 9.97. The van der Waals surface area contributed by atoms with Crippen molar-refractivity contribution in [2.24, 2.45) is 5.73 Å². The minimum Gasteiger partial charge on any atom is -0.469 e. The van der Waals surface area contributed by atoms with Crippen LogP contribution in [0.1, 0.15) is 53.5 Å². The molecule has 5 heteroatoms. The van der Waals surface area contributed by atoms with Crippen molar-refractivity contribution in [1.29, 1.82) is 0 Å². The maximum Gasteiger partial charge on any atom is 0.305 e. The molecule has 0 saturated carbocycles. The second-order valence-corrected chi connectivity index (χ2v) is 6.59. The maximum atomic E-state index is 12.2. The molecule has 0 radical (unpaired) electrons. The highest BCUT2D eigenvalue weighted by molar-refractivity contribution is 6.02. The molecule has 2 rings (SSSR count). The molecule has 0 spiro atoms. The second-order valence-electron chi connectivity index (χ2n) is 6.59. The first-order valence-corrected chi connectivity index (χ1v) is 9.06. The number of carbonyl (C=O) groups is 2. The van der Waals surface area contributed by atoms with Crippen LogP contribution in [0.3, 0.4) is 0 Å². The summed E-state index contributed by atoms with van der Waals surface area (Å²) in [5.74, 6) is -0.700. The van der Waals surface area contributed by atoms with E-state index < -0.39 is 5.91 Å². The average molecular weight is 356 g/mol. The van der Waals surface area contributed by atoms with E-state index in [2.05, 4.69) is 11.5 Å². The molecule has 5 nitrogen and oxygen atoms in total. The van der Waals surface area contributed by atoms with Crippen LogP contribution in [0, 0.1) is 13.8 Å². The van der Waals surface area contributed by atoms with E-state index in [1.165, 1.54) is 7.11 Å². The number of aryl methyl sites for hydroxylation is 1. The fraction of sp³-hybridized carbons (Fsp3) is 0.429. The van der Waals surface area contributed by atoms with E-state index in [4.69, 9.17) is 10.5 Å². The van der Waals surface area contributed by atoms with Gasteiger partial charge in [-0.15, -0.1) is 0 Å². The van der Waals surface area contributed by atoms with E-state index in [0.717, 1.165) is 47.5 Å². The lowest BCUT2D eigenvalue weighted by Gasteiger charge is -2.13. The van der Waals surface area contributed by atoms with E-state index in [-0.39, 0.29) is 12.4 Å². The van der Waals surface area contributed by atoms with Gasteiger partial charge < -0.3 is 15.0 Å². The van der Waals surface area contributed by atoms with Gasteiger partial charge in [0, 0.05) is 23.5 Å². The average Bonchev–Trinajstić information content (AvgIpc) is 2.90. The molecule has 2 N–H and O–H groups in total. The number of carbonyl (C=O) groups excluding carboxylic acids is 2. The van der Waals surface area contributed by atoms with Crippen LogP contribution in [0.2, 0.25) is 0 Å². The van der Waals surface area contributed by atoms with Gasteiger partial charge in [0.15, 0.2) is 0 Å². The SMILES string of the molecule is CCCCn1c(C)c(C(N)=O)c(-c2ccc(C)cc2)c1CCC(=O)OC. The van der Waals surface area contributed by atoms with E-state index in [9.17, 15) is 9.59 Å². The molecule has 0 atom stereocenters. The molecule has 26 heavy (non-hydrogen) atoms. The summed E-state index contributed by atoms with van der Waals surface area (Å²) in [5, 5.41) is 0. The fourth-order valence-corrected chi connectivity index (χ4v) is 3.33. The number of esters is 1. The zero-order valence-corrected chi connectivity index (χ0v) is 16.1. The number of rotatable bonds is 8. The van der Waals surface area contributed by atoms with Gasteiger partial charge >= 0.3 is 5.97 Å². The van der Waals surface area contributed by atoms with Crippen LogP contribution in [0.5, 0.6) is 0 Å². The molecule has 0 unspecified atom stereocenters. The molecule has 0 fully saturated rings. The second kappa shape index (κ2) is 8.70. The molecule has 0 aliphatic carbocycles. The lowest BCUT2D eigenvalue weighted by Crippen LogP contribution is -2.13. The molecule has 1 aromatic carbocycles. The highest BCUT2D eigenvalue weighted by Crippen LogP contribution is 2.34. The Kier molecular flexibility index (Phi) is 6.61. The minimum absolute atomic E-state index is 0.263. The van der Waals surface area contributed by atoms with Crippen molar-refractivity contribution in [2.45, 2.75) is 53.0 Å². The standard InChI is InChI=1S/C21H28N2O3/c1-5-6-13-23-15(3)19(21(22)25)20(16-9-7-14(2)8-10-16)17(23)11-12-18(24)26-4/h7-10H,5-6,11-13H2,1-4H3,(H2,22,25). The molecule has 1 heterocycles. The van der Waals surface area contributed by atoms with Gasteiger partial charge in [-0.3, -0.25) is 9.59 Å². The van der Waals surface area contributed by atoms with Gasteiger partial charge in [0.2, 0.25) is 0 Å². The van der Waals surface area contributed by atoms with Crippen molar-refractivity contribution in [3.63, 3.8) is 0 Å². The number of aromatic nitrogens is 1. The Morgan fingerprint density at radius 2 is 1.81 bits per heavy atom. The van der Waals surface area contributed by atoms with Crippen molar-refractivity contribution in [2.75, 3.05) is 7.11 Å². The van der Waals surface area contributed by atoms with Gasteiger partial charge in [0.05, 0.1) is 19.1 Å². The smallest absolute Gasteiger partial charge is 0.305 e. The van der Waals surface area contributed by atoms with E-state index in [0.29, 0.717) is 12.0 Å². The number of unbranched alkanes of at least 4 members (excludes halogenated alkanes) is 1. The molecule has 0 saturated heterocycles. The Morgan fingerprint density at radius 3 is 2.35 bits per heavy atom. The maximum absolute atomic E-state index is 12.2. The number of amides is 1. The molecular weight excluding hydrogens is 328 g/mol. The van der Waals surface area contributed by atoms with Crippen LogP contribution in [0.4, 0.5) is 0 Å². The molecule has 2 aromatic rings. The predicted octanol–water partition coefficient (Wildman–Crippen LogP) is 3.78. The highest BCUT2D eigenvalue weighted by atomic mass is 16.5. The van der Waals surface area contributed by atoms with E-state index >= 15 is 0 Å². The molecule has 1 amide bonds. The quantitative estimate of drug-likeness (QED) is 0.732. The first-order valence-electron chi connectivity index (χ1n) is 9.06. The summed E-state index contributed by atoms with van der Waals surface area (Å²) in [6, 6.07) is 8.04. The Morgan fingerprint density at radius 1 is 1.15 bits per heavy atom. The summed E-state index contributed by atoms with van der Waals surface area (Å²) in [6.07, 6.45) is 2.81. The summed E-state index contributed by atoms with van der Waals surface area (Å²) in [4.78, 5) is 23.9. The predicted molar refractivity (Wildman–Crippen MR) is 103 cm³/mol. The highest BCUT2D eigenvalue weighted by Gasteiger charge is 2.25. The van der Waals surface area contributed by atoms with Crippen LogP contribution in [-0.2, 0) is 22.5 Å². The summed E-state index contributed by atoms with van der Waals surface area (Å²) >= 11 is 0. The number of hydrogen-bond acceptors (Lipinski definition) is 3. The van der Waals surface area contributed by atoms with Crippen molar-refractivity contribution in [1.82, 2.24) is 4.57 Å². The van der Waals surface area contributed by atoms with Crippen LogP contribution in [0.15, 0.2) is 24.3 Å². The molecular formula is C21H28N2O3. The number of nitrogens with zero attached hydrogens (tertiary/aromatic N) is 1. The van der Waals surface area contributed by atoms with Crippen molar-refractivity contribution < 1.29 is 14.3 Å². The molecule has 0 aliphatic heterocycles. The minimum atomic E-state index is -0.437. The third kappa shape index (κ3) is 4.15. The summed E-state index contributed by atoms with van der Waals surface area (Å²) < 4.78 is 6.94. The van der Waals surface area contributed by atoms with E-state index in [1.54, 1.807) is 0 Å². The molecule has 1 aromatic heterocycles. The monoisotopic (exact) mass is 356 g/mol. The van der Waals surface area contributed by atoms with Gasteiger partial charge in [-0.2, -0.15) is 0 Å². The van der Waals surface area contributed by atoms with Crippen LogP contribution < -0.4 is 5.73 Å². The Balaban J connectivity index is 2.65. The van der Waals surface area contributed by atoms with Crippen LogP contribution >= 0.6 is 0 Å². The zero-order chi connectivity index (χ0) is 19.3. The topological polar surface area (TPSA) is 74.3 Å². The summed E-state index contributed by atoms with van der Waals surface area (Å²) in [7, 11) is 1.39. The van der Waals surface area contributed by atoms with Crippen LogP contribution in [-0.4, -0.2) is 23.6 Å². The molecule has 0 bridgehead atoms. The van der Waals surface area contributed by atoms with Gasteiger partial charge in [-0.25, -0.2) is 0 Å². The number of primary amides is 1. The van der Waals surface area contributed by atoms with Gasteiger partial charge in [0.1, 0.15) is 0 Å². The third-order valence-corrected chi connectivity index (χ3v) is 4.75. The first kappa shape index (κ1) is 19.8. The van der Waals surface area contributed by atoms with Gasteiger partial charge in [-0.05, 0) is 32.3 Å². The number of methoxy groups -OCH3 is 1. The van der Waals surface area contributed by atoms with Crippen molar-refractivity contribution in [3.8, 4) is 11.1 Å². The van der Waals surface area contributed by atoms with Gasteiger partial charge in [0.25, 0.3) is 5.91 Å². The van der Waals surface area contributed by atoms with Gasteiger partial charge in [-0.1, -0.05) is 43.2 Å². The van der Waals surface area contributed by atoms with Crippen molar-refractivity contribution >= 4 is 11.9 Å². The number of nitrogens with two attached hydrogens (primary N) is 1. The Bertz CT molecular complexity index is 789. The number of benzene rings is 1. The summed E-state index contributed by atoms with van der Waals surface area (Å²) in [6.45, 7) is 6.87. The lowest BCUT2D eigenvalue weighted by molar-refractivity contribution is -0.140. The Labute approximate surface area is 155 Å². The first-order chi connectivity index (χ1) is 12.4. The Hall–Kier alpha value is -2.56. The number of ether oxygens (including phenoxy) is 1. The molecule has 140 valence electrons. The summed E-state index contributed by atoms with van der Waals surface area (Å²) in [5.41, 5.74) is 11.0. The van der Waals surface area contributed by atoms with Crippen molar-refractivity contribution in [3.05, 3.63) is 46.8 Å². The fourth-order valence-electron chi connectivity index (χ4n) is 3.33. The molecule has 0 aliphatic rings.